The van der Waals surface area contributed by atoms with Crippen molar-refractivity contribution in [3.8, 4) is 5.75 Å². The zero-order valence-electron chi connectivity index (χ0n) is 14.5. The van der Waals surface area contributed by atoms with Gasteiger partial charge in [-0.1, -0.05) is 19.1 Å². The molecule has 0 unspecified atom stereocenters. The normalized spacial score (nSPS) is 10.2. The standard InChI is InChI=1S/C19H23N3O3/c1-3-10-21-19(24)17-13-15(9-12-20-17)18(23)22-11-8-14-4-6-16(25-2)7-5-14/h4-7,9,12-13H,3,8,10-11H2,1-2H3,(H,21,24)(H,22,23). The first-order chi connectivity index (χ1) is 12.1. The number of methoxy groups -OCH3 is 1. The van der Waals surface area contributed by atoms with Gasteiger partial charge in [0.1, 0.15) is 11.4 Å². The molecule has 0 fully saturated rings. The maximum absolute atomic E-state index is 12.2. The van der Waals surface area contributed by atoms with Crippen LogP contribution in [0.1, 0.15) is 39.8 Å². The second kappa shape index (κ2) is 9.42. The van der Waals surface area contributed by atoms with Crippen LogP contribution in [0, 0.1) is 0 Å². The summed E-state index contributed by atoms with van der Waals surface area (Å²) in [5.41, 5.74) is 1.78. The van der Waals surface area contributed by atoms with Crippen molar-refractivity contribution in [2.75, 3.05) is 20.2 Å². The third-order valence-corrected chi connectivity index (χ3v) is 3.65. The number of amides is 2. The average Bonchev–Trinajstić information content (AvgIpc) is 2.66. The van der Waals surface area contributed by atoms with E-state index in [1.807, 2.05) is 31.2 Å². The minimum absolute atomic E-state index is 0.222. The number of carbonyl (C=O) groups is 2. The van der Waals surface area contributed by atoms with Gasteiger partial charge >= 0.3 is 0 Å². The summed E-state index contributed by atoms with van der Waals surface area (Å²) in [6.45, 7) is 3.06. The van der Waals surface area contributed by atoms with E-state index in [0.717, 1.165) is 17.7 Å². The van der Waals surface area contributed by atoms with Gasteiger partial charge in [0, 0.05) is 24.8 Å². The van der Waals surface area contributed by atoms with E-state index in [1.165, 1.54) is 12.3 Å². The molecule has 0 saturated carbocycles. The minimum Gasteiger partial charge on any atom is -0.497 e. The summed E-state index contributed by atoms with van der Waals surface area (Å²) in [6.07, 6.45) is 3.03. The van der Waals surface area contributed by atoms with E-state index in [0.29, 0.717) is 25.1 Å². The van der Waals surface area contributed by atoms with Crippen LogP contribution in [0.5, 0.6) is 5.75 Å². The summed E-state index contributed by atoms with van der Waals surface area (Å²) in [5.74, 6) is 0.314. The Morgan fingerprint density at radius 2 is 1.76 bits per heavy atom. The molecule has 2 N–H and O–H groups in total. The predicted molar refractivity (Wildman–Crippen MR) is 95.9 cm³/mol. The SMILES string of the molecule is CCCNC(=O)c1cc(C(=O)NCCc2ccc(OC)cc2)ccn1. The largest absolute Gasteiger partial charge is 0.497 e. The fraction of sp³-hybridized carbons (Fsp3) is 0.316. The molecule has 0 atom stereocenters. The maximum atomic E-state index is 12.2. The molecule has 0 radical (unpaired) electrons. The molecule has 25 heavy (non-hydrogen) atoms. The van der Waals surface area contributed by atoms with Crippen LogP contribution < -0.4 is 15.4 Å². The lowest BCUT2D eigenvalue weighted by Crippen LogP contribution is -2.28. The Labute approximate surface area is 147 Å². The van der Waals surface area contributed by atoms with Crippen molar-refractivity contribution in [3.63, 3.8) is 0 Å². The molecule has 0 saturated heterocycles. The van der Waals surface area contributed by atoms with E-state index in [4.69, 9.17) is 4.74 Å². The van der Waals surface area contributed by atoms with Crippen LogP contribution in [-0.2, 0) is 6.42 Å². The van der Waals surface area contributed by atoms with Gasteiger partial charge < -0.3 is 15.4 Å². The number of pyridine rings is 1. The van der Waals surface area contributed by atoms with Gasteiger partial charge in [-0.3, -0.25) is 14.6 Å². The van der Waals surface area contributed by atoms with Gasteiger partial charge in [-0.05, 0) is 42.7 Å². The summed E-state index contributed by atoms with van der Waals surface area (Å²) >= 11 is 0. The Hall–Kier alpha value is -2.89. The van der Waals surface area contributed by atoms with Gasteiger partial charge in [-0.25, -0.2) is 0 Å². The quantitative estimate of drug-likeness (QED) is 0.771. The van der Waals surface area contributed by atoms with Gasteiger partial charge in [0.15, 0.2) is 0 Å². The minimum atomic E-state index is -0.269. The highest BCUT2D eigenvalue weighted by Crippen LogP contribution is 2.11. The topological polar surface area (TPSA) is 80.3 Å². The van der Waals surface area contributed by atoms with Crippen molar-refractivity contribution in [2.45, 2.75) is 19.8 Å². The smallest absolute Gasteiger partial charge is 0.269 e. The molecule has 0 aliphatic carbocycles. The van der Waals surface area contributed by atoms with E-state index >= 15 is 0 Å². The Bertz CT molecular complexity index is 714. The Morgan fingerprint density at radius 3 is 2.44 bits per heavy atom. The third kappa shape index (κ3) is 5.60. The molecule has 1 heterocycles. The number of nitrogens with zero attached hydrogens (tertiary/aromatic N) is 1. The lowest BCUT2D eigenvalue weighted by atomic mass is 10.1. The number of rotatable bonds is 8. The van der Waals surface area contributed by atoms with Crippen LogP contribution >= 0.6 is 0 Å². The van der Waals surface area contributed by atoms with E-state index in [-0.39, 0.29) is 17.5 Å². The van der Waals surface area contributed by atoms with E-state index in [9.17, 15) is 9.59 Å². The molecule has 1 aromatic carbocycles. The van der Waals surface area contributed by atoms with E-state index in [2.05, 4.69) is 15.6 Å². The van der Waals surface area contributed by atoms with Crippen LogP contribution in [-0.4, -0.2) is 37.0 Å². The Kier molecular flexibility index (Phi) is 6.95. The first-order valence-corrected chi connectivity index (χ1v) is 8.29. The number of hydrogen-bond donors (Lipinski definition) is 2. The molecule has 6 heteroatoms. The molecule has 132 valence electrons. The van der Waals surface area contributed by atoms with Gasteiger partial charge in [-0.15, -0.1) is 0 Å². The fourth-order valence-electron chi connectivity index (χ4n) is 2.24. The molecule has 0 spiro atoms. The molecular formula is C19H23N3O3. The first-order valence-electron chi connectivity index (χ1n) is 8.29. The molecule has 0 aliphatic heterocycles. The van der Waals surface area contributed by atoms with Gasteiger partial charge in [0.2, 0.25) is 0 Å². The van der Waals surface area contributed by atoms with Crippen LogP contribution in [0.15, 0.2) is 42.6 Å². The third-order valence-electron chi connectivity index (χ3n) is 3.65. The van der Waals surface area contributed by atoms with Crippen molar-refractivity contribution >= 4 is 11.8 Å². The zero-order valence-corrected chi connectivity index (χ0v) is 14.5. The summed E-state index contributed by atoms with van der Waals surface area (Å²) in [5, 5.41) is 5.60. The van der Waals surface area contributed by atoms with Crippen molar-refractivity contribution < 1.29 is 14.3 Å². The van der Waals surface area contributed by atoms with Crippen LogP contribution in [0.3, 0.4) is 0 Å². The number of ether oxygens (including phenoxy) is 1. The monoisotopic (exact) mass is 341 g/mol. The molecule has 0 aliphatic rings. The number of hydrogen-bond acceptors (Lipinski definition) is 4. The van der Waals surface area contributed by atoms with Crippen molar-refractivity contribution in [1.29, 1.82) is 0 Å². The maximum Gasteiger partial charge on any atom is 0.269 e. The van der Waals surface area contributed by atoms with Crippen LogP contribution in [0.2, 0.25) is 0 Å². The van der Waals surface area contributed by atoms with Gasteiger partial charge in [-0.2, -0.15) is 0 Å². The number of benzene rings is 1. The highest BCUT2D eigenvalue weighted by atomic mass is 16.5. The lowest BCUT2D eigenvalue weighted by molar-refractivity contribution is 0.0948. The van der Waals surface area contributed by atoms with E-state index < -0.39 is 0 Å². The summed E-state index contributed by atoms with van der Waals surface area (Å²) in [4.78, 5) is 28.2. The number of nitrogens with one attached hydrogen (secondary N) is 2. The molecule has 1 aromatic heterocycles. The fourth-order valence-corrected chi connectivity index (χ4v) is 2.24. The summed E-state index contributed by atoms with van der Waals surface area (Å²) in [7, 11) is 1.63. The molecular weight excluding hydrogens is 318 g/mol. The second-order valence-corrected chi connectivity index (χ2v) is 5.54. The molecule has 6 nitrogen and oxygen atoms in total. The first kappa shape index (κ1) is 18.4. The Morgan fingerprint density at radius 1 is 1.04 bits per heavy atom. The van der Waals surface area contributed by atoms with Gasteiger partial charge in [0.25, 0.3) is 11.8 Å². The summed E-state index contributed by atoms with van der Waals surface area (Å²) in [6, 6.07) is 10.8. The highest BCUT2D eigenvalue weighted by molar-refractivity contribution is 5.98. The lowest BCUT2D eigenvalue weighted by Gasteiger charge is -2.08. The summed E-state index contributed by atoms with van der Waals surface area (Å²) < 4.78 is 5.12. The average molecular weight is 341 g/mol. The molecule has 2 amide bonds. The van der Waals surface area contributed by atoms with Crippen LogP contribution in [0.25, 0.3) is 0 Å². The molecule has 2 rings (SSSR count). The van der Waals surface area contributed by atoms with Crippen LogP contribution in [0.4, 0.5) is 0 Å². The number of carbonyl (C=O) groups excluding carboxylic acids is 2. The van der Waals surface area contributed by atoms with E-state index in [1.54, 1.807) is 13.2 Å². The predicted octanol–water partition coefficient (Wildman–Crippen LogP) is 2.20. The number of aromatic nitrogens is 1. The molecule has 0 bridgehead atoms. The van der Waals surface area contributed by atoms with Crippen molar-refractivity contribution in [2.24, 2.45) is 0 Å². The van der Waals surface area contributed by atoms with Gasteiger partial charge in [0.05, 0.1) is 7.11 Å². The van der Waals surface area contributed by atoms with Crippen molar-refractivity contribution in [1.82, 2.24) is 15.6 Å². The second-order valence-electron chi connectivity index (χ2n) is 5.54. The van der Waals surface area contributed by atoms with Crippen molar-refractivity contribution in [3.05, 3.63) is 59.4 Å². The zero-order chi connectivity index (χ0) is 18.1. The Balaban J connectivity index is 1.88. The molecule has 2 aromatic rings. The highest BCUT2D eigenvalue weighted by Gasteiger charge is 2.11.